The van der Waals surface area contributed by atoms with Crippen molar-refractivity contribution in [1.82, 2.24) is 14.8 Å². The number of nitrogens with one attached hydrogen (secondary N) is 1. The summed E-state index contributed by atoms with van der Waals surface area (Å²) in [5, 5.41) is 11.5. The highest BCUT2D eigenvalue weighted by Crippen LogP contribution is 2.11. The van der Waals surface area contributed by atoms with Gasteiger partial charge in [-0.3, -0.25) is 9.78 Å². The number of pyridine rings is 1. The Morgan fingerprint density at radius 1 is 1.43 bits per heavy atom. The third kappa shape index (κ3) is 4.16. The molecule has 2 N–H and O–H groups in total. The van der Waals surface area contributed by atoms with Crippen LogP contribution in [0, 0.1) is 0 Å². The Morgan fingerprint density at radius 2 is 2.19 bits per heavy atom. The molecule has 1 unspecified atom stereocenters. The molecule has 1 saturated heterocycles. The van der Waals surface area contributed by atoms with Gasteiger partial charge in [-0.05, 0) is 26.1 Å². The monoisotopic (exact) mass is 292 g/mol. The quantitative estimate of drug-likeness (QED) is 0.863. The van der Waals surface area contributed by atoms with Gasteiger partial charge in [-0.2, -0.15) is 0 Å². The first kappa shape index (κ1) is 15.2. The van der Waals surface area contributed by atoms with Gasteiger partial charge in [0.1, 0.15) is 0 Å². The maximum Gasteiger partial charge on any atom is 0.321 e. The number of piperazine rings is 1. The summed E-state index contributed by atoms with van der Waals surface area (Å²) in [6.45, 7) is 4.32. The van der Waals surface area contributed by atoms with Gasteiger partial charge in [-0.25, -0.2) is 4.79 Å². The number of aromatic nitrogens is 1. The molecule has 114 valence electrons. The number of rotatable bonds is 3. The Kier molecular flexibility index (Phi) is 4.74. The molecule has 0 aromatic carbocycles. The molecule has 1 aromatic rings. The summed E-state index contributed by atoms with van der Waals surface area (Å²) in [6.07, 6.45) is 1.36. The third-order valence-electron chi connectivity index (χ3n) is 3.66. The summed E-state index contributed by atoms with van der Waals surface area (Å²) in [5.41, 5.74) is 1.04. The lowest BCUT2D eigenvalue weighted by Gasteiger charge is -2.37. The van der Waals surface area contributed by atoms with Crippen LogP contribution in [0.1, 0.15) is 12.6 Å². The minimum Gasteiger partial charge on any atom is -0.481 e. The van der Waals surface area contributed by atoms with E-state index in [2.05, 4.69) is 22.1 Å². The molecule has 0 radical (unpaired) electrons. The first-order chi connectivity index (χ1) is 9.95. The number of carboxylic acids is 1. The van der Waals surface area contributed by atoms with E-state index in [0.717, 1.165) is 6.54 Å². The van der Waals surface area contributed by atoms with Crippen LogP contribution < -0.4 is 5.32 Å². The Morgan fingerprint density at radius 3 is 2.76 bits per heavy atom. The molecule has 0 aliphatic carbocycles. The van der Waals surface area contributed by atoms with Crippen molar-refractivity contribution in [2.24, 2.45) is 0 Å². The van der Waals surface area contributed by atoms with Crippen LogP contribution in [0.25, 0.3) is 0 Å². The van der Waals surface area contributed by atoms with Gasteiger partial charge < -0.3 is 20.2 Å². The van der Waals surface area contributed by atoms with Crippen molar-refractivity contribution in [1.29, 1.82) is 0 Å². The highest BCUT2D eigenvalue weighted by molar-refractivity contribution is 5.89. The van der Waals surface area contributed by atoms with E-state index in [9.17, 15) is 9.59 Å². The number of anilines is 1. The fraction of sp³-hybridized carbons (Fsp3) is 0.500. The summed E-state index contributed by atoms with van der Waals surface area (Å²) in [5.74, 6) is -0.925. The molecule has 1 aromatic heterocycles. The van der Waals surface area contributed by atoms with Crippen LogP contribution in [0.4, 0.5) is 10.5 Å². The number of carbonyl (C=O) groups excluding carboxylic acids is 1. The molecule has 2 heterocycles. The van der Waals surface area contributed by atoms with E-state index in [-0.39, 0.29) is 12.5 Å². The van der Waals surface area contributed by atoms with Gasteiger partial charge in [0.25, 0.3) is 0 Å². The third-order valence-corrected chi connectivity index (χ3v) is 3.66. The molecule has 1 atom stereocenters. The molecular weight excluding hydrogens is 272 g/mol. The van der Waals surface area contributed by atoms with E-state index < -0.39 is 5.97 Å². The van der Waals surface area contributed by atoms with Crippen molar-refractivity contribution < 1.29 is 14.7 Å². The normalized spacial score (nSPS) is 19.3. The number of carboxylic acid groups (broad SMARTS) is 1. The fourth-order valence-corrected chi connectivity index (χ4v) is 2.19. The molecule has 1 aliphatic rings. The van der Waals surface area contributed by atoms with Gasteiger partial charge in [0.05, 0.1) is 24.0 Å². The zero-order valence-electron chi connectivity index (χ0n) is 12.2. The summed E-state index contributed by atoms with van der Waals surface area (Å²) in [6, 6.07) is 3.46. The van der Waals surface area contributed by atoms with Gasteiger partial charge in [-0.1, -0.05) is 0 Å². The molecule has 2 amide bonds. The molecule has 7 nitrogen and oxygen atoms in total. The highest BCUT2D eigenvalue weighted by Gasteiger charge is 2.24. The van der Waals surface area contributed by atoms with E-state index in [0.29, 0.717) is 30.5 Å². The number of carbonyl (C=O) groups is 2. The van der Waals surface area contributed by atoms with Gasteiger partial charge in [-0.15, -0.1) is 0 Å². The second-order valence-electron chi connectivity index (χ2n) is 5.31. The van der Waals surface area contributed by atoms with Crippen molar-refractivity contribution in [3.8, 4) is 0 Å². The molecule has 7 heteroatoms. The number of aliphatic carboxylic acids is 1. The smallest absolute Gasteiger partial charge is 0.321 e. The molecule has 0 saturated carbocycles. The van der Waals surface area contributed by atoms with E-state index in [1.54, 1.807) is 17.0 Å². The first-order valence-corrected chi connectivity index (χ1v) is 6.88. The number of hydrogen-bond donors (Lipinski definition) is 2. The molecule has 1 aliphatic heterocycles. The molecule has 1 fully saturated rings. The molecular formula is C14H20N4O3. The van der Waals surface area contributed by atoms with Gasteiger partial charge in [0.2, 0.25) is 0 Å². The molecule has 0 spiro atoms. The van der Waals surface area contributed by atoms with Gasteiger partial charge in [0, 0.05) is 25.7 Å². The number of urea groups is 1. The first-order valence-electron chi connectivity index (χ1n) is 6.88. The van der Waals surface area contributed by atoms with Crippen LogP contribution in [-0.2, 0) is 11.2 Å². The molecule has 2 rings (SSSR count). The Bertz CT molecular complexity index is 517. The number of likely N-dealkylation sites (N-methyl/N-ethyl adjacent to an activating group) is 1. The Balaban J connectivity index is 1.92. The number of hydrogen-bond acceptors (Lipinski definition) is 4. The van der Waals surface area contributed by atoms with Crippen LogP contribution in [0.5, 0.6) is 0 Å². The highest BCUT2D eigenvalue weighted by atomic mass is 16.4. The maximum absolute atomic E-state index is 12.2. The predicted octanol–water partition coefficient (Wildman–Crippen LogP) is 0.877. The lowest BCUT2D eigenvalue weighted by atomic mass is 10.2. The van der Waals surface area contributed by atoms with E-state index >= 15 is 0 Å². The average molecular weight is 292 g/mol. The maximum atomic E-state index is 12.2. The fourth-order valence-electron chi connectivity index (χ4n) is 2.19. The minimum absolute atomic E-state index is 0.121. The second-order valence-corrected chi connectivity index (χ2v) is 5.31. The van der Waals surface area contributed by atoms with Crippen LogP contribution in [0.2, 0.25) is 0 Å². The van der Waals surface area contributed by atoms with Crippen LogP contribution in [-0.4, -0.2) is 64.6 Å². The van der Waals surface area contributed by atoms with Crippen LogP contribution >= 0.6 is 0 Å². The molecule has 21 heavy (non-hydrogen) atoms. The number of amides is 2. The zero-order chi connectivity index (χ0) is 15.4. The minimum atomic E-state index is -0.925. The van der Waals surface area contributed by atoms with Gasteiger partial charge >= 0.3 is 12.0 Å². The largest absolute Gasteiger partial charge is 0.481 e. The zero-order valence-corrected chi connectivity index (χ0v) is 12.2. The van der Waals surface area contributed by atoms with Gasteiger partial charge in [0.15, 0.2) is 0 Å². The lowest BCUT2D eigenvalue weighted by molar-refractivity contribution is -0.136. The topological polar surface area (TPSA) is 85.8 Å². The van der Waals surface area contributed by atoms with Crippen molar-refractivity contribution in [3.05, 3.63) is 24.0 Å². The summed E-state index contributed by atoms with van der Waals surface area (Å²) < 4.78 is 0. The second kappa shape index (κ2) is 6.53. The summed E-state index contributed by atoms with van der Waals surface area (Å²) >= 11 is 0. The summed E-state index contributed by atoms with van der Waals surface area (Å²) in [7, 11) is 2.05. The Labute approximate surface area is 123 Å². The number of nitrogens with zero attached hydrogens (tertiary/aromatic N) is 3. The Hall–Kier alpha value is -2.15. The molecule has 0 bridgehead atoms. The standard InChI is InChI=1S/C14H20N4O3/c1-10-9-18(6-5-17(10)2)14(21)16-12-4-3-11(15-8-12)7-13(19)20/h3-4,8,10H,5-7,9H2,1-2H3,(H,16,21)(H,19,20). The van der Waals surface area contributed by atoms with Crippen LogP contribution in [0.15, 0.2) is 18.3 Å². The lowest BCUT2D eigenvalue weighted by Crippen LogP contribution is -2.53. The van der Waals surface area contributed by atoms with E-state index in [4.69, 9.17) is 5.11 Å². The van der Waals surface area contributed by atoms with E-state index in [1.165, 1.54) is 6.20 Å². The van der Waals surface area contributed by atoms with Crippen molar-refractivity contribution in [2.45, 2.75) is 19.4 Å². The predicted molar refractivity (Wildman–Crippen MR) is 78.3 cm³/mol. The summed E-state index contributed by atoms with van der Waals surface area (Å²) in [4.78, 5) is 30.7. The van der Waals surface area contributed by atoms with Crippen molar-refractivity contribution >= 4 is 17.7 Å². The van der Waals surface area contributed by atoms with Crippen molar-refractivity contribution in [2.75, 3.05) is 32.0 Å². The average Bonchev–Trinajstić information content (AvgIpc) is 2.43. The van der Waals surface area contributed by atoms with E-state index in [1.807, 2.05) is 7.05 Å². The SMILES string of the molecule is CC1CN(C(=O)Nc2ccc(CC(=O)O)nc2)CCN1C. The van der Waals surface area contributed by atoms with Crippen molar-refractivity contribution in [3.63, 3.8) is 0 Å². The van der Waals surface area contributed by atoms with Crippen LogP contribution in [0.3, 0.4) is 0 Å².